The average molecular weight is 587 g/mol. The Kier molecular flexibility index (Phi) is 9.68. The van der Waals surface area contributed by atoms with E-state index < -0.39 is 23.5 Å². The van der Waals surface area contributed by atoms with Gasteiger partial charge in [-0.25, -0.2) is 9.78 Å². The highest BCUT2D eigenvalue weighted by molar-refractivity contribution is 6.33. The van der Waals surface area contributed by atoms with Gasteiger partial charge >= 0.3 is 5.97 Å². The second-order valence-electron chi connectivity index (χ2n) is 10.3. The van der Waals surface area contributed by atoms with Crippen LogP contribution in [0.15, 0.2) is 54.6 Å². The molecule has 1 fully saturated rings. The molecule has 1 saturated carbocycles. The number of carboxylic acid groups (broad SMARTS) is 1. The van der Waals surface area contributed by atoms with E-state index in [1.54, 1.807) is 54.6 Å². The first-order valence-electron chi connectivity index (χ1n) is 13.2. The van der Waals surface area contributed by atoms with Crippen molar-refractivity contribution < 1.29 is 24.5 Å². The Morgan fingerprint density at radius 3 is 2.45 bits per heavy atom. The summed E-state index contributed by atoms with van der Waals surface area (Å²) in [4.78, 5) is 32.8. The lowest BCUT2D eigenvalue weighted by molar-refractivity contribution is -0.146. The molecule has 0 atom stereocenters. The lowest BCUT2D eigenvalue weighted by Crippen LogP contribution is -2.57. The molecule has 0 bridgehead atoms. The molecule has 212 valence electrons. The number of halogens is 2. The van der Waals surface area contributed by atoms with Crippen LogP contribution >= 0.6 is 23.2 Å². The van der Waals surface area contributed by atoms with E-state index in [-0.39, 0.29) is 31.4 Å². The largest absolute Gasteiger partial charge is 0.492 e. The minimum absolute atomic E-state index is 0.0424. The molecule has 0 radical (unpaired) electrons. The Labute approximate surface area is 243 Å². The number of aliphatic hydroxyl groups is 1. The third-order valence-electron chi connectivity index (χ3n) is 7.08. The van der Waals surface area contributed by atoms with Crippen LogP contribution in [0.25, 0.3) is 22.4 Å². The van der Waals surface area contributed by atoms with E-state index in [0.717, 1.165) is 13.0 Å². The summed E-state index contributed by atoms with van der Waals surface area (Å²) in [6.07, 6.45) is 1.02. The van der Waals surface area contributed by atoms with Gasteiger partial charge in [-0.1, -0.05) is 47.5 Å². The van der Waals surface area contributed by atoms with Gasteiger partial charge in [0.05, 0.1) is 23.4 Å². The normalized spacial score (nSPS) is 18.9. The van der Waals surface area contributed by atoms with Crippen molar-refractivity contribution in [1.82, 2.24) is 15.2 Å². The number of hydrogen-bond acceptors (Lipinski definition) is 6. The SMILES string of the molecule is CN(C)CCCOc1cc(-c2ccc(-c3ccccc3Cl)c(C(=O)NC3(C(=O)O)CCC(O)CC3)n2)ccc1Cl. The number of pyridine rings is 1. The predicted octanol–water partition coefficient (Wildman–Crippen LogP) is 5.54. The Morgan fingerprint density at radius 1 is 1.05 bits per heavy atom. The van der Waals surface area contributed by atoms with Gasteiger partial charge in [0, 0.05) is 28.3 Å². The maximum Gasteiger partial charge on any atom is 0.329 e. The van der Waals surface area contributed by atoms with E-state index in [2.05, 4.69) is 10.2 Å². The summed E-state index contributed by atoms with van der Waals surface area (Å²) < 4.78 is 5.92. The number of carbonyl (C=O) groups is 2. The third-order valence-corrected chi connectivity index (χ3v) is 7.72. The number of carbonyl (C=O) groups excluding carboxylic acids is 1. The Balaban J connectivity index is 1.71. The number of rotatable bonds is 10. The van der Waals surface area contributed by atoms with E-state index in [0.29, 0.717) is 44.8 Å². The van der Waals surface area contributed by atoms with Gasteiger partial charge in [-0.05, 0) is 76.5 Å². The zero-order chi connectivity index (χ0) is 28.9. The zero-order valence-corrected chi connectivity index (χ0v) is 24.0. The summed E-state index contributed by atoms with van der Waals surface area (Å²) in [5.74, 6) is -1.27. The molecule has 3 aromatic rings. The van der Waals surface area contributed by atoms with Gasteiger partial charge in [0.2, 0.25) is 0 Å². The molecule has 10 heteroatoms. The number of benzene rings is 2. The van der Waals surface area contributed by atoms with Gasteiger partial charge in [-0.15, -0.1) is 0 Å². The fraction of sp³-hybridized carbons (Fsp3) is 0.367. The van der Waals surface area contributed by atoms with Crippen molar-refractivity contribution in [1.29, 1.82) is 0 Å². The number of carboxylic acids is 1. The minimum atomic E-state index is -1.50. The molecular weight excluding hydrogens is 553 g/mol. The second kappa shape index (κ2) is 13.0. The van der Waals surface area contributed by atoms with Crippen LogP contribution in [0.3, 0.4) is 0 Å². The molecule has 4 rings (SSSR count). The number of aromatic nitrogens is 1. The highest BCUT2D eigenvalue weighted by atomic mass is 35.5. The van der Waals surface area contributed by atoms with Crippen LogP contribution in [0, 0.1) is 0 Å². The molecule has 3 N–H and O–H groups in total. The third kappa shape index (κ3) is 6.93. The highest BCUT2D eigenvalue weighted by Gasteiger charge is 2.43. The van der Waals surface area contributed by atoms with Crippen LogP contribution in [-0.4, -0.2) is 70.9 Å². The molecule has 1 heterocycles. The number of nitrogens with one attached hydrogen (secondary N) is 1. The van der Waals surface area contributed by atoms with Crippen molar-refractivity contribution in [2.75, 3.05) is 27.2 Å². The van der Waals surface area contributed by atoms with E-state index >= 15 is 0 Å². The average Bonchev–Trinajstić information content (AvgIpc) is 2.93. The fourth-order valence-electron chi connectivity index (χ4n) is 4.79. The van der Waals surface area contributed by atoms with Crippen LogP contribution in [0.5, 0.6) is 5.75 Å². The monoisotopic (exact) mass is 585 g/mol. The summed E-state index contributed by atoms with van der Waals surface area (Å²) in [7, 11) is 3.99. The number of aliphatic hydroxyl groups excluding tert-OH is 1. The number of nitrogens with zero attached hydrogens (tertiary/aromatic N) is 2. The van der Waals surface area contributed by atoms with Crippen LogP contribution < -0.4 is 10.1 Å². The van der Waals surface area contributed by atoms with Crippen LogP contribution in [-0.2, 0) is 4.79 Å². The minimum Gasteiger partial charge on any atom is -0.492 e. The molecule has 1 aliphatic rings. The molecule has 0 aliphatic heterocycles. The number of ether oxygens (including phenoxy) is 1. The molecule has 1 aromatic heterocycles. The molecule has 0 spiro atoms. The van der Waals surface area contributed by atoms with Gasteiger partial charge in [0.1, 0.15) is 17.0 Å². The summed E-state index contributed by atoms with van der Waals surface area (Å²) in [5.41, 5.74) is 0.773. The Hall–Kier alpha value is -3.17. The molecule has 2 aromatic carbocycles. The maximum absolute atomic E-state index is 13.8. The van der Waals surface area contributed by atoms with Crippen LogP contribution in [0.1, 0.15) is 42.6 Å². The van der Waals surface area contributed by atoms with Crippen molar-refractivity contribution in [3.8, 4) is 28.1 Å². The number of aliphatic carboxylic acids is 1. The van der Waals surface area contributed by atoms with Gasteiger partial charge in [-0.2, -0.15) is 0 Å². The van der Waals surface area contributed by atoms with E-state index in [4.69, 9.17) is 32.9 Å². The molecule has 1 amide bonds. The summed E-state index contributed by atoms with van der Waals surface area (Å²) >= 11 is 12.9. The molecule has 8 nitrogen and oxygen atoms in total. The van der Waals surface area contributed by atoms with Gasteiger partial charge in [0.15, 0.2) is 0 Å². The Bertz CT molecular complexity index is 1370. The first-order chi connectivity index (χ1) is 19.1. The lowest BCUT2D eigenvalue weighted by atomic mass is 9.80. The van der Waals surface area contributed by atoms with Crippen molar-refractivity contribution in [2.24, 2.45) is 0 Å². The summed E-state index contributed by atoms with van der Waals surface area (Å²) in [6.45, 7) is 1.36. The first kappa shape index (κ1) is 29.8. The smallest absolute Gasteiger partial charge is 0.329 e. The van der Waals surface area contributed by atoms with Crippen LogP contribution in [0.4, 0.5) is 0 Å². The molecule has 0 unspecified atom stereocenters. The molecule has 0 saturated heterocycles. The fourth-order valence-corrected chi connectivity index (χ4v) is 5.20. The number of amides is 1. The maximum atomic E-state index is 13.8. The first-order valence-corrected chi connectivity index (χ1v) is 13.9. The quantitative estimate of drug-likeness (QED) is 0.268. The van der Waals surface area contributed by atoms with Gasteiger partial charge < -0.3 is 25.2 Å². The van der Waals surface area contributed by atoms with Crippen molar-refractivity contribution in [2.45, 2.75) is 43.7 Å². The van der Waals surface area contributed by atoms with E-state index in [1.165, 1.54) is 0 Å². The van der Waals surface area contributed by atoms with Crippen molar-refractivity contribution in [3.05, 3.63) is 70.3 Å². The summed E-state index contributed by atoms with van der Waals surface area (Å²) in [5, 5.41) is 23.6. The number of hydrogen-bond donors (Lipinski definition) is 3. The Morgan fingerprint density at radius 2 is 1.77 bits per heavy atom. The van der Waals surface area contributed by atoms with E-state index in [9.17, 15) is 19.8 Å². The highest BCUT2D eigenvalue weighted by Crippen LogP contribution is 2.35. The second-order valence-corrected chi connectivity index (χ2v) is 11.1. The zero-order valence-electron chi connectivity index (χ0n) is 22.5. The van der Waals surface area contributed by atoms with Crippen LogP contribution in [0.2, 0.25) is 10.0 Å². The molecule has 40 heavy (non-hydrogen) atoms. The molecule has 1 aliphatic carbocycles. The van der Waals surface area contributed by atoms with Crippen molar-refractivity contribution in [3.63, 3.8) is 0 Å². The van der Waals surface area contributed by atoms with Crippen molar-refractivity contribution >= 4 is 35.1 Å². The van der Waals surface area contributed by atoms with Gasteiger partial charge in [0.25, 0.3) is 5.91 Å². The topological polar surface area (TPSA) is 112 Å². The molecular formula is C30H33Cl2N3O5. The van der Waals surface area contributed by atoms with E-state index in [1.807, 2.05) is 14.1 Å². The van der Waals surface area contributed by atoms with Gasteiger partial charge in [-0.3, -0.25) is 4.79 Å². The standard InChI is InChI=1S/C30H33Cl2N3O5/c1-35(2)16-5-17-40-26-18-19(8-10-24(26)32)25-11-9-22(21-6-3-4-7-23(21)31)27(33-25)28(37)34-30(29(38)39)14-12-20(36)13-15-30/h3-4,6-11,18,20,36H,5,12-17H2,1-2H3,(H,34,37)(H,38,39). The summed E-state index contributed by atoms with van der Waals surface area (Å²) in [6, 6.07) is 15.9. The lowest BCUT2D eigenvalue weighted by Gasteiger charge is -2.35. The predicted molar refractivity (Wildman–Crippen MR) is 156 cm³/mol.